The molecule has 0 saturated carbocycles. The van der Waals surface area contributed by atoms with Gasteiger partial charge in [-0.05, 0) is 23.8 Å². The molecule has 0 saturated heterocycles. The molecule has 0 spiro atoms. The van der Waals surface area contributed by atoms with Gasteiger partial charge >= 0.3 is 0 Å². The van der Waals surface area contributed by atoms with Gasteiger partial charge in [0.1, 0.15) is 11.5 Å². The molecule has 0 N–H and O–H groups in total. The Labute approximate surface area is 178 Å². The van der Waals surface area contributed by atoms with Crippen LogP contribution in [0.25, 0.3) is 11.1 Å². The first kappa shape index (κ1) is 17.0. The lowest BCUT2D eigenvalue weighted by atomic mass is 9.75. The highest BCUT2D eigenvalue weighted by Crippen LogP contribution is 2.50. The SMILES string of the molecule is C1=CC2=CC=C3C=CC=C[C+]3C(=C3C=C(c4ccccc4)c4ccccc43)[C+]2C=C1. The summed E-state index contributed by atoms with van der Waals surface area (Å²) in [7, 11) is 0. The van der Waals surface area contributed by atoms with Crippen LogP contribution in [-0.2, 0) is 0 Å². The standard InChI is InChI=1S/C30H20/c1-2-10-21(11-3-1)28-20-29(27-17-9-8-16-26(27)28)30-24-14-6-4-12-22(24)18-19-23-13-5-7-15-25(23)30/h1-20H/q+2. The van der Waals surface area contributed by atoms with E-state index in [4.69, 9.17) is 0 Å². The second-order valence-electron chi connectivity index (χ2n) is 7.77. The summed E-state index contributed by atoms with van der Waals surface area (Å²) in [6, 6.07) is 19.5. The molecule has 0 amide bonds. The Morgan fingerprint density at radius 1 is 0.567 bits per heavy atom. The molecule has 0 bridgehead atoms. The van der Waals surface area contributed by atoms with Crippen molar-refractivity contribution in [2.75, 3.05) is 0 Å². The third-order valence-corrected chi connectivity index (χ3v) is 6.05. The Hall–Kier alpha value is -3.90. The highest BCUT2D eigenvalue weighted by molar-refractivity contribution is 6.04. The number of hydrogen-bond donors (Lipinski definition) is 0. The number of rotatable bonds is 1. The van der Waals surface area contributed by atoms with E-state index in [0.717, 1.165) is 0 Å². The number of fused-ring (bicyclic) bond motifs is 3. The van der Waals surface area contributed by atoms with Crippen molar-refractivity contribution in [3.8, 4) is 0 Å². The van der Waals surface area contributed by atoms with E-state index in [0.29, 0.717) is 0 Å². The molecule has 0 heteroatoms. The summed E-state index contributed by atoms with van der Waals surface area (Å²) in [5.74, 6) is 2.57. The van der Waals surface area contributed by atoms with E-state index in [-0.39, 0.29) is 0 Å². The number of hydrogen-bond acceptors (Lipinski definition) is 0. The van der Waals surface area contributed by atoms with Gasteiger partial charge in [-0.15, -0.1) is 0 Å². The highest BCUT2D eigenvalue weighted by Gasteiger charge is 2.43. The average Bonchev–Trinajstić information content (AvgIpc) is 3.11. The molecule has 4 aliphatic carbocycles. The minimum absolute atomic E-state index is 1.26. The zero-order valence-electron chi connectivity index (χ0n) is 16.5. The maximum Gasteiger partial charge on any atom is 0.162 e. The van der Waals surface area contributed by atoms with Crippen LogP contribution < -0.4 is 0 Å². The molecule has 30 heavy (non-hydrogen) atoms. The van der Waals surface area contributed by atoms with E-state index in [1.807, 2.05) is 0 Å². The van der Waals surface area contributed by atoms with Gasteiger partial charge in [-0.3, -0.25) is 0 Å². The molecule has 6 rings (SSSR count). The van der Waals surface area contributed by atoms with E-state index in [1.165, 1.54) is 56.4 Å². The molecule has 0 atom stereocenters. The summed E-state index contributed by atoms with van der Waals surface area (Å²) >= 11 is 0. The first-order valence-electron chi connectivity index (χ1n) is 10.4. The fourth-order valence-electron chi connectivity index (χ4n) is 4.67. The quantitative estimate of drug-likeness (QED) is 0.461. The Morgan fingerprint density at radius 2 is 1.17 bits per heavy atom. The van der Waals surface area contributed by atoms with E-state index in [2.05, 4.69) is 121 Å². The lowest BCUT2D eigenvalue weighted by Crippen LogP contribution is -2.12. The molecule has 0 unspecified atom stereocenters. The molecule has 2 aromatic carbocycles. The van der Waals surface area contributed by atoms with Crippen LogP contribution in [0.4, 0.5) is 0 Å². The van der Waals surface area contributed by atoms with Crippen molar-refractivity contribution in [1.29, 1.82) is 0 Å². The van der Waals surface area contributed by atoms with Crippen LogP contribution in [0.2, 0.25) is 0 Å². The van der Waals surface area contributed by atoms with Gasteiger partial charge in [0.2, 0.25) is 0 Å². The van der Waals surface area contributed by atoms with E-state index in [1.54, 1.807) is 0 Å². The molecule has 0 radical (unpaired) electrons. The molecule has 0 aromatic heterocycles. The maximum atomic E-state index is 2.38. The van der Waals surface area contributed by atoms with Crippen LogP contribution >= 0.6 is 0 Å². The van der Waals surface area contributed by atoms with Crippen LogP contribution in [0.3, 0.4) is 0 Å². The van der Waals surface area contributed by atoms with E-state index in [9.17, 15) is 0 Å². The molecule has 0 fully saturated rings. The molecule has 2 aromatic rings. The Morgan fingerprint density at radius 3 is 1.83 bits per heavy atom. The first-order chi connectivity index (χ1) is 14.9. The van der Waals surface area contributed by atoms with E-state index < -0.39 is 0 Å². The molecular weight excluding hydrogens is 360 g/mol. The summed E-state index contributed by atoms with van der Waals surface area (Å²) in [4.78, 5) is 0. The summed E-state index contributed by atoms with van der Waals surface area (Å²) in [6.07, 6.45) is 24.3. The molecule has 138 valence electrons. The monoisotopic (exact) mass is 380 g/mol. The van der Waals surface area contributed by atoms with Crippen molar-refractivity contribution >= 4 is 11.1 Å². The molecule has 0 heterocycles. The Balaban J connectivity index is 1.65. The average molecular weight is 380 g/mol. The zero-order chi connectivity index (χ0) is 19.9. The predicted molar refractivity (Wildman–Crippen MR) is 126 cm³/mol. The third kappa shape index (κ3) is 2.62. The largest absolute Gasteiger partial charge is 0.162 e. The van der Waals surface area contributed by atoms with Gasteiger partial charge in [-0.1, -0.05) is 54.6 Å². The second-order valence-corrected chi connectivity index (χ2v) is 7.77. The van der Waals surface area contributed by atoms with E-state index >= 15 is 0 Å². The summed E-state index contributed by atoms with van der Waals surface area (Å²) < 4.78 is 0. The Kier molecular flexibility index (Phi) is 3.89. The Bertz CT molecular complexity index is 1220. The summed E-state index contributed by atoms with van der Waals surface area (Å²) in [6.45, 7) is 0. The van der Waals surface area contributed by atoms with Gasteiger partial charge in [0.05, 0.1) is 29.2 Å². The van der Waals surface area contributed by atoms with Crippen LogP contribution in [0.15, 0.2) is 138 Å². The smallest absolute Gasteiger partial charge is 0.0622 e. The normalized spacial score (nSPS) is 18.5. The van der Waals surface area contributed by atoms with Gasteiger partial charge in [-0.2, -0.15) is 0 Å². The lowest BCUT2D eigenvalue weighted by molar-refractivity contribution is 1.18. The van der Waals surface area contributed by atoms with Gasteiger partial charge in [0, 0.05) is 53.2 Å². The van der Waals surface area contributed by atoms with Crippen molar-refractivity contribution in [2.24, 2.45) is 0 Å². The van der Waals surface area contributed by atoms with Gasteiger partial charge < -0.3 is 0 Å². The second kappa shape index (κ2) is 6.86. The van der Waals surface area contributed by atoms with Crippen LogP contribution in [0, 0.1) is 11.8 Å². The number of benzene rings is 2. The molecule has 0 aliphatic heterocycles. The summed E-state index contributed by atoms with van der Waals surface area (Å²) in [5, 5.41) is 0. The fourth-order valence-corrected chi connectivity index (χ4v) is 4.67. The van der Waals surface area contributed by atoms with Crippen LogP contribution in [-0.4, -0.2) is 0 Å². The summed E-state index contributed by atoms with van der Waals surface area (Å²) in [5.41, 5.74) is 10.3. The topological polar surface area (TPSA) is 0 Å². The first-order valence-corrected chi connectivity index (χ1v) is 10.4. The van der Waals surface area contributed by atoms with Gasteiger partial charge in [-0.25, -0.2) is 0 Å². The molecule has 4 aliphatic rings. The van der Waals surface area contributed by atoms with Crippen molar-refractivity contribution in [3.05, 3.63) is 167 Å². The highest BCUT2D eigenvalue weighted by atomic mass is 14.4. The number of allylic oxidation sites excluding steroid dienone is 15. The third-order valence-electron chi connectivity index (χ3n) is 6.05. The zero-order valence-corrected chi connectivity index (χ0v) is 16.5. The van der Waals surface area contributed by atoms with Gasteiger partial charge in [0.25, 0.3) is 0 Å². The van der Waals surface area contributed by atoms with Crippen molar-refractivity contribution in [3.63, 3.8) is 0 Å². The lowest BCUT2D eigenvalue weighted by Gasteiger charge is -2.17. The van der Waals surface area contributed by atoms with Crippen molar-refractivity contribution < 1.29 is 0 Å². The maximum absolute atomic E-state index is 2.38. The van der Waals surface area contributed by atoms with Crippen molar-refractivity contribution in [2.45, 2.75) is 0 Å². The van der Waals surface area contributed by atoms with Crippen molar-refractivity contribution in [1.82, 2.24) is 0 Å². The predicted octanol–water partition coefficient (Wildman–Crippen LogP) is 7.15. The molecular formula is C30H20+2. The van der Waals surface area contributed by atoms with Crippen LogP contribution in [0.1, 0.15) is 16.7 Å². The molecule has 0 nitrogen and oxygen atoms in total. The minimum Gasteiger partial charge on any atom is -0.0622 e. The van der Waals surface area contributed by atoms with Gasteiger partial charge in [0.15, 0.2) is 5.57 Å². The fraction of sp³-hybridized carbons (Fsp3) is 0. The minimum atomic E-state index is 1.26. The van der Waals surface area contributed by atoms with Crippen LogP contribution in [0.5, 0.6) is 0 Å².